The van der Waals surface area contributed by atoms with Gasteiger partial charge in [-0.2, -0.15) is 0 Å². The summed E-state index contributed by atoms with van der Waals surface area (Å²) in [5, 5.41) is 9.29. The molecule has 2 nitrogen and oxygen atoms in total. The zero-order chi connectivity index (χ0) is 14.6. The molecule has 0 saturated carbocycles. The molecule has 2 unspecified atom stereocenters. The molecule has 0 heterocycles. The van der Waals surface area contributed by atoms with Crippen LogP contribution in [0.5, 0.6) is 0 Å². The predicted octanol–water partition coefficient (Wildman–Crippen LogP) is 5.35. The molecule has 0 aromatic heterocycles. The van der Waals surface area contributed by atoms with Gasteiger partial charge in [0, 0.05) is 0 Å². The van der Waals surface area contributed by atoms with Crippen LogP contribution in [0, 0.1) is 11.8 Å². The minimum Gasteiger partial charge on any atom is -0.481 e. The van der Waals surface area contributed by atoms with Crippen molar-refractivity contribution < 1.29 is 9.90 Å². The van der Waals surface area contributed by atoms with Crippen molar-refractivity contribution in [2.24, 2.45) is 11.8 Å². The second kappa shape index (κ2) is 10.7. The SMILES string of the molecule is CCCCCCCCC=CCC(C(=O)O)C1C=CCC1. The van der Waals surface area contributed by atoms with Crippen molar-refractivity contribution >= 4 is 5.97 Å². The Bertz CT molecular complexity index is 317. The molecule has 0 aromatic carbocycles. The summed E-state index contributed by atoms with van der Waals surface area (Å²) in [7, 11) is 0. The van der Waals surface area contributed by atoms with Crippen LogP contribution in [0.1, 0.15) is 71.1 Å². The quantitative estimate of drug-likeness (QED) is 0.408. The van der Waals surface area contributed by atoms with E-state index in [1.807, 2.05) is 0 Å². The van der Waals surface area contributed by atoms with E-state index in [1.165, 1.54) is 38.5 Å². The number of unbranched alkanes of at least 4 members (excludes halogenated alkanes) is 6. The average molecular weight is 278 g/mol. The van der Waals surface area contributed by atoms with Gasteiger partial charge < -0.3 is 5.11 Å². The number of carboxylic acids is 1. The molecule has 0 fully saturated rings. The number of rotatable bonds is 11. The molecule has 2 heteroatoms. The topological polar surface area (TPSA) is 37.3 Å². The Morgan fingerprint density at radius 2 is 2.00 bits per heavy atom. The minimum atomic E-state index is -0.647. The molecule has 114 valence electrons. The predicted molar refractivity (Wildman–Crippen MR) is 84.7 cm³/mol. The number of carbonyl (C=O) groups is 1. The first-order valence-corrected chi connectivity index (χ1v) is 8.30. The highest BCUT2D eigenvalue weighted by Crippen LogP contribution is 2.28. The van der Waals surface area contributed by atoms with Gasteiger partial charge in [-0.25, -0.2) is 0 Å². The molecule has 1 aliphatic carbocycles. The van der Waals surface area contributed by atoms with E-state index in [2.05, 4.69) is 31.2 Å². The molecule has 1 rings (SSSR count). The van der Waals surface area contributed by atoms with Gasteiger partial charge in [0.2, 0.25) is 0 Å². The standard InChI is InChI=1S/C18H30O2/c1-2-3-4-5-6-7-8-9-10-15-17(18(19)20)16-13-11-12-14-16/h9-11,13,16-17H,2-8,12,14-15H2,1H3,(H,19,20). The fraction of sp³-hybridized carbons (Fsp3) is 0.722. The Labute approximate surface area is 124 Å². The number of allylic oxidation sites excluding steroid dienone is 4. The van der Waals surface area contributed by atoms with Crippen molar-refractivity contribution in [1.82, 2.24) is 0 Å². The van der Waals surface area contributed by atoms with Gasteiger partial charge in [-0.05, 0) is 38.0 Å². The first-order chi connectivity index (χ1) is 9.75. The van der Waals surface area contributed by atoms with Crippen molar-refractivity contribution in [3.8, 4) is 0 Å². The number of aliphatic carboxylic acids is 1. The first-order valence-electron chi connectivity index (χ1n) is 8.30. The lowest BCUT2D eigenvalue weighted by atomic mass is 9.89. The van der Waals surface area contributed by atoms with Crippen LogP contribution in [-0.2, 0) is 4.79 Å². The first kappa shape index (κ1) is 17.0. The largest absolute Gasteiger partial charge is 0.481 e. The smallest absolute Gasteiger partial charge is 0.307 e. The number of carboxylic acid groups (broad SMARTS) is 1. The van der Waals surface area contributed by atoms with Gasteiger partial charge >= 0.3 is 5.97 Å². The Balaban J connectivity index is 2.11. The van der Waals surface area contributed by atoms with Crippen molar-refractivity contribution in [2.75, 3.05) is 0 Å². The maximum Gasteiger partial charge on any atom is 0.307 e. The van der Waals surface area contributed by atoms with Crippen LogP contribution in [0.2, 0.25) is 0 Å². The lowest BCUT2D eigenvalue weighted by Crippen LogP contribution is -2.20. The third-order valence-electron chi connectivity index (χ3n) is 4.16. The van der Waals surface area contributed by atoms with Crippen molar-refractivity contribution in [3.63, 3.8) is 0 Å². The Kier molecular flexibility index (Phi) is 9.10. The van der Waals surface area contributed by atoms with E-state index in [9.17, 15) is 9.90 Å². The second-order valence-corrected chi connectivity index (χ2v) is 5.88. The van der Waals surface area contributed by atoms with E-state index in [4.69, 9.17) is 0 Å². The van der Waals surface area contributed by atoms with E-state index in [-0.39, 0.29) is 11.8 Å². The molecule has 0 bridgehead atoms. The van der Waals surface area contributed by atoms with Crippen LogP contribution in [0.4, 0.5) is 0 Å². The lowest BCUT2D eigenvalue weighted by molar-refractivity contribution is -0.142. The molecule has 20 heavy (non-hydrogen) atoms. The van der Waals surface area contributed by atoms with Crippen LogP contribution in [0.3, 0.4) is 0 Å². The highest BCUT2D eigenvalue weighted by Gasteiger charge is 2.26. The van der Waals surface area contributed by atoms with Gasteiger partial charge in [-0.1, -0.05) is 63.3 Å². The minimum absolute atomic E-state index is 0.227. The fourth-order valence-corrected chi connectivity index (χ4v) is 2.85. The zero-order valence-corrected chi connectivity index (χ0v) is 12.9. The molecule has 0 aromatic rings. The molecule has 0 aliphatic heterocycles. The number of hydrogen-bond acceptors (Lipinski definition) is 1. The van der Waals surface area contributed by atoms with Gasteiger partial charge in [0.25, 0.3) is 0 Å². The van der Waals surface area contributed by atoms with Crippen molar-refractivity contribution in [3.05, 3.63) is 24.3 Å². The van der Waals surface area contributed by atoms with Gasteiger partial charge in [0.15, 0.2) is 0 Å². The van der Waals surface area contributed by atoms with Crippen LogP contribution in [0.25, 0.3) is 0 Å². The van der Waals surface area contributed by atoms with Crippen LogP contribution in [-0.4, -0.2) is 11.1 Å². The summed E-state index contributed by atoms with van der Waals surface area (Å²) >= 11 is 0. The molecule has 1 aliphatic rings. The highest BCUT2D eigenvalue weighted by molar-refractivity contribution is 5.71. The molecular formula is C18H30O2. The highest BCUT2D eigenvalue weighted by atomic mass is 16.4. The number of hydrogen-bond donors (Lipinski definition) is 1. The van der Waals surface area contributed by atoms with Crippen molar-refractivity contribution in [2.45, 2.75) is 71.1 Å². The Morgan fingerprint density at radius 1 is 1.25 bits per heavy atom. The molecular weight excluding hydrogens is 248 g/mol. The maximum absolute atomic E-state index is 11.3. The molecule has 2 atom stereocenters. The molecule has 0 radical (unpaired) electrons. The maximum atomic E-state index is 11.3. The van der Waals surface area contributed by atoms with Crippen LogP contribution in [0.15, 0.2) is 24.3 Å². The summed E-state index contributed by atoms with van der Waals surface area (Å²) in [6.07, 6.45) is 20.2. The van der Waals surface area contributed by atoms with Gasteiger partial charge in [-0.3, -0.25) is 4.79 Å². The summed E-state index contributed by atoms with van der Waals surface area (Å²) in [5.74, 6) is -0.633. The van der Waals surface area contributed by atoms with Crippen molar-refractivity contribution in [1.29, 1.82) is 0 Å². The van der Waals surface area contributed by atoms with Gasteiger partial charge in [0.05, 0.1) is 5.92 Å². The van der Waals surface area contributed by atoms with E-state index in [0.717, 1.165) is 19.3 Å². The summed E-state index contributed by atoms with van der Waals surface area (Å²) in [4.78, 5) is 11.3. The van der Waals surface area contributed by atoms with E-state index >= 15 is 0 Å². The van der Waals surface area contributed by atoms with Crippen LogP contribution >= 0.6 is 0 Å². The van der Waals surface area contributed by atoms with Gasteiger partial charge in [0.1, 0.15) is 0 Å². The van der Waals surface area contributed by atoms with E-state index in [1.54, 1.807) is 0 Å². The van der Waals surface area contributed by atoms with E-state index in [0.29, 0.717) is 6.42 Å². The molecule has 1 N–H and O–H groups in total. The van der Waals surface area contributed by atoms with Crippen LogP contribution < -0.4 is 0 Å². The molecule has 0 amide bonds. The zero-order valence-electron chi connectivity index (χ0n) is 12.9. The lowest BCUT2D eigenvalue weighted by Gasteiger charge is -2.15. The summed E-state index contributed by atoms with van der Waals surface area (Å²) in [5.41, 5.74) is 0. The Morgan fingerprint density at radius 3 is 2.65 bits per heavy atom. The van der Waals surface area contributed by atoms with E-state index < -0.39 is 5.97 Å². The normalized spacial score (nSPS) is 19.8. The average Bonchev–Trinajstić information content (AvgIpc) is 2.94. The summed E-state index contributed by atoms with van der Waals surface area (Å²) < 4.78 is 0. The monoisotopic (exact) mass is 278 g/mol. The molecule has 0 saturated heterocycles. The van der Waals surface area contributed by atoms with Gasteiger partial charge in [-0.15, -0.1) is 0 Å². The molecule has 0 spiro atoms. The summed E-state index contributed by atoms with van der Waals surface area (Å²) in [6.45, 7) is 2.24. The second-order valence-electron chi connectivity index (χ2n) is 5.88. The Hall–Kier alpha value is -1.05. The third-order valence-corrected chi connectivity index (χ3v) is 4.16. The fourth-order valence-electron chi connectivity index (χ4n) is 2.85. The third kappa shape index (κ3) is 6.93. The summed E-state index contributed by atoms with van der Waals surface area (Å²) in [6, 6.07) is 0.